The number of amides is 1. The van der Waals surface area contributed by atoms with E-state index in [2.05, 4.69) is 10.3 Å². The molecule has 100 valence electrons. The maximum atomic E-state index is 12.0. The third kappa shape index (κ3) is 3.03. The van der Waals surface area contributed by atoms with Crippen LogP contribution in [0.5, 0.6) is 5.75 Å². The number of nitrogens with zero attached hydrogens (tertiary/aromatic N) is 1. The molecule has 3 N–H and O–H groups in total. The van der Waals surface area contributed by atoms with Gasteiger partial charge in [-0.1, -0.05) is 0 Å². The highest BCUT2D eigenvalue weighted by atomic mass is 32.1. The quantitative estimate of drug-likeness (QED) is 0.838. The van der Waals surface area contributed by atoms with Crippen LogP contribution >= 0.6 is 11.3 Å². The fourth-order valence-electron chi connectivity index (χ4n) is 1.63. The first kappa shape index (κ1) is 13.4. The van der Waals surface area contributed by atoms with Crippen LogP contribution in [0.4, 0.5) is 5.69 Å². The molecule has 0 saturated heterocycles. The number of carbonyl (C=O) groups excluding carboxylic acids is 1. The van der Waals surface area contributed by atoms with Gasteiger partial charge in [0.2, 0.25) is 0 Å². The van der Waals surface area contributed by atoms with Gasteiger partial charge in [-0.25, -0.2) is 4.98 Å². The van der Waals surface area contributed by atoms with Crippen molar-refractivity contribution in [3.8, 4) is 5.75 Å². The number of aromatic nitrogens is 1. The molecule has 0 aliphatic rings. The highest BCUT2D eigenvalue weighted by Crippen LogP contribution is 2.20. The molecule has 1 aromatic heterocycles. The normalized spacial score (nSPS) is 10.2. The molecule has 2 aromatic rings. The smallest absolute Gasteiger partial charge is 0.253 e. The van der Waals surface area contributed by atoms with E-state index < -0.39 is 0 Å². The summed E-state index contributed by atoms with van der Waals surface area (Å²) in [5, 5.41) is 2.83. The summed E-state index contributed by atoms with van der Waals surface area (Å²) in [6.45, 7) is 2.38. The Morgan fingerprint density at radius 2 is 2.32 bits per heavy atom. The summed E-state index contributed by atoms with van der Waals surface area (Å²) in [6, 6.07) is 5.00. The number of benzene rings is 1. The van der Waals surface area contributed by atoms with E-state index >= 15 is 0 Å². The number of thiazole rings is 1. The highest BCUT2D eigenvalue weighted by molar-refractivity contribution is 7.09. The van der Waals surface area contributed by atoms with Gasteiger partial charge in [0.25, 0.3) is 5.91 Å². The van der Waals surface area contributed by atoms with E-state index in [1.807, 2.05) is 6.92 Å². The maximum absolute atomic E-state index is 12.0. The van der Waals surface area contributed by atoms with Crippen LogP contribution in [0.2, 0.25) is 0 Å². The summed E-state index contributed by atoms with van der Waals surface area (Å²) in [5.74, 6) is 0.431. The molecule has 0 saturated carbocycles. The second-order valence-electron chi connectivity index (χ2n) is 4.00. The van der Waals surface area contributed by atoms with Crippen LogP contribution in [-0.4, -0.2) is 18.0 Å². The van der Waals surface area contributed by atoms with Crippen LogP contribution in [0.1, 0.15) is 20.9 Å². The SMILES string of the molecule is COc1ccc(C(=O)NCc2scnc2C)c(N)c1. The van der Waals surface area contributed by atoms with Crippen molar-refractivity contribution < 1.29 is 9.53 Å². The van der Waals surface area contributed by atoms with Gasteiger partial charge in [-0.2, -0.15) is 0 Å². The van der Waals surface area contributed by atoms with E-state index in [4.69, 9.17) is 10.5 Å². The van der Waals surface area contributed by atoms with E-state index in [0.29, 0.717) is 23.5 Å². The summed E-state index contributed by atoms with van der Waals surface area (Å²) in [4.78, 5) is 17.2. The lowest BCUT2D eigenvalue weighted by Crippen LogP contribution is -2.23. The van der Waals surface area contributed by atoms with Gasteiger partial charge in [0.1, 0.15) is 5.75 Å². The first-order valence-electron chi connectivity index (χ1n) is 5.72. The van der Waals surface area contributed by atoms with Crippen LogP contribution in [0.25, 0.3) is 0 Å². The first-order valence-corrected chi connectivity index (χ1v) is 6.60. The van der Waals surface area contributed by atoms with Gasteiger partial charge >= 0.3 is 0 Å². The monoisotopic (exact) mass is 277 g/mol. The molecule has 2 rings (SSSR count). The molecule has 6 heteroatoms. The molecule has 19 heavy (non-hydrogen) atoms. The number of nitrogens with one attached hydrogen (secondary N) is 1. The van der Waals surface area contributed by atoms with Gasteiger partial charge in [0.05, 0.1) is 30.4 Å². The zero-order chi connectivity index (χ0) is 13.8. The number of hydrogen-bond acceptors (Lipinski definition) is 5. The lowest BCUT2D eigenvalue weighted by atomic mass is 10.1. The lowest BCUT2D eigenvalue weighted by molar-refractivity contribution is 0.0952. The van der Waals surface area contributed by atoms with Crippen molar-refractivity contribution in [3.05, 3.63) is 39.8 Å². The molecule has 0 radical (unpaired) electrons. The van der Waals surface area contributed by atoms with E-state index in [1.165, 1.54) is 11.3 Å². The number of anilines is 1. The molecule has 0 fully saturated rings. The molecular weight excluding hydrogens is 262 g/mol. The lowest BCUT2D eigenvalue weighted by Gasteiger charge is -2.08. The maximum Gasteiger partial charge on any atom is 0.253 e. The Hall–Kier alpha value is -2.08. The molecule has 0 unspecified atom stereocenters. The van der Waals surface area contributed by atoms with Gasteiger partial charge in [-0.05, 0) is 19.1 Å². The van der Waals surface area contributed by atoms with Crippen molar-refractivity contribution in [2.45, 2.75) is 13.5 Å². The fraction of sp³-hybridized carbons (Fsp3) is 0.231. The Bertz CT molecular complexity index is 595. The zero-order valence-corrected chi connectivity index (χ0v) is 11.6. The number of ether oxygens (including phenoxy) is 1. The third-order valence-corrected chi connectivity index (χ3v) is 3.69. The molecule has 5 nitrogen and oxygen atoms in total. The van der Waals surface area contributed by atoms with E-state index in [1.54, 1.807) is 30.8 Å². The molecule has 0 atom stereocenters. The van der Waals surface area contributed by atoms with Crippen LogP contribution in [-0.2, 0) is 6.54 Å². The van der Waals surface area contributed by atoms with Crippen molar-refractivity contribution in [2.75, 3.05) is 12.8 Å². The third-order valence-electron chi connectivity index (χ3n) is 2.76. The number of aryl methyl sites for hydroxylation is 1. The van der Waals surface area contributed by atoms with Crippen LogP contribution in [0, 0.1) is 6.92 Å². The second-order valence-corrected chi connectivity index (χ2v) is 4.94. The van der Waals surface area contributed by atoms with Crippen LogP contribution < -0.4 is 15.8 Å². The zero-order valence-electron chi connectivity index (χ0n) is 10.8. The van der Waals surface area contributed by atoms with E-state index in [0.717, 1.165) is 10.6 Å². The Morgan fingerprint density at radius 3 is 2.89 bits per heavy atom. The number of carbonyl (C=O) groups is 1. The number of nitrogens with two attached hydrogens (primary N) is 1. The molecule has 0 bridgehead atoms. The Morgan fingerprint density at radius 1 is 1.53 bits per heavy atom. The molecule has 0 aliphatic carbocycles. The van der Waals surface area contributed by atoms with Gasteiger partial charge in [0, 0.05) is 16.6 Å². The summed E-state index contributed by atoms with van der Waals surface area (Å²) < 4.78 is 5.05. The van der Waals surface area contributed by atoms with Gasteiger partial charge < -0.3 is 15.8 Å². The fourth-order valence-corrected chi connectivity index (χ4v) is 2.34. The van der Waals surface area contributed by atoms with Crippen molar-refractivity contribution in [1.82, 2.24) is 10.3 Å². The van der Waals surface area contributed by atoms with E-state index in [-0.39, 0.29) is 5.91 Å². The molecule has 1 amide bonds. The Balaban J connectivity index is 2.06. The summed E-state index contributed by atoms with van der Waals surface area (Å²) in [7, 11) is 1.56. The number of methoxy groups -OCH3 is 1. The molecule has 1 heterocycles. The summed E-state index contributed by atoms with van der Waals surface area (Å²) in [5.41, 5.74) is 9.37. The largest absolute Gasteiger partial charge is 0.497 e. The summed E-state index contributed by atoms with van der Waals surface area (Å²) in [6.07, 6.45) is 0. The van der Waals surface area contributed by atoms with Gasteiger partial charge in [-0.3, -0.25) is 4.79 Å². The van der Waals surface area contributed by atoms with Crippen molar-refractivity contribution in [1.29, 1.82) is 0 Å². The average Bonchev–Trinajstić information content (AvgIpc) is 2.81. The van der Waals surface area contributed by atoms with Gasteiger partial charge in [-0.15, -0.1) is 11.3 Å². The van der Waals surface area contributed by atoms with Crippen LogP contribution in [0.15, 0.2) is 23.7 Å². The first-order chi connectivity index (χ1) is 9.11. The average molecular weight is 277 g/mol. The highest BCUT2D eigenvalue weighted by Gasteiger charge is 2.11. The minimum absolute atomic E-state index is 0.201. The Labute approximate surface area is 115 Å². The van der Waals surface area contributed by atoms with E-state index in [9.17, 15) is 4.79 Å². The second kappa shape index (κ2) is 5.71. The predicted octanol–water partition coefficient (Wildman–Crippen LogP) is 1.97. The topological polar surface area (TPSA) is 77.2 Å². The standard InChI is InChI=1S/C13H15N3O2S/c1-8-12(19-7-16-8)6-15-13(17)10-4-3-9(18-2)5-11(10)14/h3-5,7H,6,14H2,1-2H3,(H,15,17). The van der Waals surface area contributed by atoms with Crippen molar-refractivity contribution in [2.24, 2.45) is 0 Å². The predicted molar refractivity (Wildman–Crippen MR) is 75.4 cm³/mol. The summed E-state index contributed by atoms with van der Waals surface area (Å²) >= 11 is 1.52. The molecule has 0 aliphatic heterocycles. The molecule has 0 spiro atoms. The van der Waals surface area contributed by atoms with Crippen LogP contribution in [0.3, 0.4) is 0 Å². The van der Waals surface area contributed by atoms with Crippen molar-refractivity contribution >= 4 is 22.9 Å². The molecular formula is C13H15N3O2S. The van der Waals surface area contributed by atoms with Crippen molar-refractivity contribution in [3.63, 3.8) is 0 Å². The number of rotatable bonds is 4. The minimum Gasteiger partial charge on any atom is -0.497 e. The minimum atomic E-state index is -0.201. The number of nitrogen functional groups attached to an aromatic ring is 1. The van der Waals surface area contributed by atoms with Gasteiger partial charge in [0.15, 0.2) is 0 Å². The Kier molecular flexibility index (Phi) is 4.01. The molecule has 1 aromatic carbocycles. The number of hydrogen-bond donors (Lipinski definition) is 2.